The first kappa shape index (κ1) is 23.7. The molecular weight excluding hydrogens is 735 g/mol. The summed E-state index contributed by atoms with van der Waals surface area (Å²) in [6, 6.07) is 3.53. The molecule has 1 atom stereocenters. The fourth-order valence-corrected chi connectivity index (χ4v) is 5.05. The first-order chi connectivity index (χ1) is 14.9. The van der Waals surface area contributed by atoms with Gasteiger partial charge in [0.15, 0.2) is 21.6 Å². The summed E-state index contributed by atoms with van der Waals surface area (Å²) in [5.74, 6) is 0. The standard InChI is InChI=1S/C12H14ClIN4O.C6H2BrClIN3/c13-10-5-9(12-16-7-11(14)18(12)17-10)15-6-8-3-1-2-4-19-8;7-3-1-4(8)11-12-5(9)2-10-6(3)12/h5,7-8,15H,1-4,6H2;1-2H. The van der Waals surface area contributed by atoms with Gasteiger partial charge in [-0.1, -0.05) is 23.2 Å². The summed E-state index contributed by atoms with van der Waals surface area (Å²) in [5.41, 5.74) is 2.48. The second-order valence-corrected chi connectivity index (χ2v) is 10.5. The van der Waals surface area contributed by atoms with E-state index in [9.17, 15) is 0 Å². The lowest BCUT2D eigenvalue weighted by Gasteiger charge is -2.23. The Morgan fingerprint density at radius 1 is 1.03 bits per heavy atom. The molecule has 0 bridgehead atoms. The molecule has 1 saturated heterocycles. The second-order valence-electron chi connectivity index (χ2n) is 6.70. The summed E-state index contributed by atoms with van der Waals surface area (Å²) >= 11 is 19.5. The molecule has 0 radical (unpaired) electrons. The van der Waals surface area contributed by atoms with Crippen LogP contribution in [0, 0.1) is 7.40 Å². The highest BCUT2D eigenvalue weighted by Crippen LogP contribution is 2.22. The zero-order valence-corrected chi connectivity index (χ0v) is 23.3. The lowest BCUT2D eigenvalue weighted by Crippen LogP contribution is -2.27. The minimum Gasteiger partial charge on any atom is -0.379 e. The molecule has 1 fully saturated rings. The Morgan fingerprint density at radius 3 is 2.35 bits per heavy atom. The first-order valence-corrected chi connectivity index (χ1v) is 13.0. The fraction of sp³-hybridized carbons (Fsp3) is 0.333. The van der Waals surface area contributed by atoms with Crippen LogP contribution in [-0.2, 0) is 4.74 Å². The van der Waals surface area contributed by atoms with Crippen LogP contribution >= 0.6 is 84.3 Å². The third-order valence-corrected chi connectivity index (χ3v) is 6.97. The van der Waals surface area contributed by atoms with E-state index in [4.69, 9.17) is 27.9 Å². The van der Waals surface area contributed by atoms with Crippen LogP contribution in [-0.4, -0.2) is 48.5 Å². The van der Waals surface area contributed by atoms with Crippen LogP contribution in [0.1, 0.15) is 19.3 Å². The van der Waals surface area contributed by atoms with Crippen LogP contribution in [0.3, 0.4) is 0 Å². The van der Waals surface area contributed by atoms with Crippen LogP contribution in [0.2, 0.25) is 10.3 Å². The summed E-state index contributed by atoms with van der Waals surface area (Å²) in [4.78, 5) is 8.50. The molecule has 1 aliphatic heterocycles. The van der Waals surface area contributed by atoms with E-state index in [2.05, 4.69) is 86.6 Å². The molecule has 4 aromatic rings. The van der Waals surface area contributed by atoms with Gasteiger partial charge in [-0.25, -0.2) is 19.0 Å². The third kappa shape index (κ3) is 5.72. The number of nitrogens with zero attached hydrogens (tertiary/aromatic N) is 6. The first-order valence-electron chi connectivity index (χ1n) is 9.33. The van der Waals surface area contributed by atoms with Crippen molar-refractivity contribution in [1.82, 2.24) is 29.2 Å². The van der Waals surface area contributed by atoms with E-state index in [-0.39, 0.29) is 6.10 Å². The van der Waals surface area contributed by atoms with Crippen molar-refractivity contribution >= 4 is 101 Å². The maximum atomic E-state index is 6.04. The van der Waals surface area contributed by atoms with Crippen molar-refractivity contribution in [3.8, 4) is 0 Å². The number of hydrogen-bond donors (Lipinski definition) is 1. The third-order valence-electron chi connectivity index (χ3n) is 4.54. The average Bonchev–Trinajstić information content (AvgIpc) is 3.31. The van der Waals surface area contributed by atoms with Crippen molar-refractivity contribution < 1.29 is 4.74 Å². The van der Waals surface area contributed by atoms with Gasteiger partial charge in [0.1, 0.15) is 7.40 Å². The molecule has 5 heterocycles. The molecular formula is C18H16BrCl2I2N7O. The Kier molecular flexibility index (Phi) is 8.12. The van der Waals surface area contributed by atoms with Crippen molar-refractivity contribution in [3.63, 3.8) is 0 Å². The SMILES string of the molecule is Clc1cc(Br)c2ncc(I)n2n1.Clc1cc(NCC2CCCCO2)c2ncc(I)n2n1. The lowest BCUT2D eigenvalue weighted by atomic mass is 10.1. The maximum Gasteiger partial charge on any atom is 0.178 e. The van der Waals surface area contributed by atoms with Crippen LogP contribution in [0.15, 0.2) is 29.0 Å². The predicted octanol–water partition coefficient (Wildman–Crippen LogP) is 5.72. The largest absolute Gasteiger partial charge is 0.379 e. The molecule has 0 spiro atoms. The Labute approximate surface area is 223 Å². The smallest absolute Gasteiger partial charge is 0.178 e. The molecule has 4 aromatic heterocycles. The zero-order chi connectivity index (χ0) is 22.0. The van der Waals surface area contributed by atoms with Crippen molar-refractivity contribution in [1.29, 1.82) is 0 Å². The number of rotatable bonds is 3. The van der Waals surface area contributed by atoms with Gasteiger partial charge in [0.05, 0.1) is 28.7 Å². The topological polar surface area (TPSA) is 81.6 Å². The fourth-order valence-electron chi connectivity index (χ4n) is 3.11. The molecule has 0 amide bonds. The summed E-state index contributed by atoms with van der Waals surface area (Å²) in [5, 5.41) is 12.6. The van der Waals surface area contributed by atoms with Crippen LogP contribution in [0.5, 0.6) is 0 Å². The predicted molar refractivity (Wildman–Crippen MR) is 141 cm³/mol. The van der Waals surface area contributed by atoms with Crippen molar-refractivity contribution in [2.75, 3.05) is 18.5 Å². The Balaban J connectivity index is 0.000000166. The van der Waals surface area contributed by atoms with Gasteiger partial charge in [-0.3, -0.25) is 0 Å². The van der Waals surface area contributed by atoms with E-state index in [1.165, 1.54) is 12.8 Å². The summed E-state index contributed by atoms with van der Waals surface area (Å²) in [7, 11) is 0. The highest BCUT2D eigenvalue weighted by molar-refractivity contribution is 14.1. The molecule has 8 nitrogen and oxygen atoms in total. The quantitative estimate of drug-likeness (QED) is 0.270. The maximum absolute atomic E-state index is 6.04. The Morgan fingerprint density at radius 2 is 1.68 bits per heavy atom. The molecule has 1 aliphatic rings. The number of anilines is 1. The van der Waals surface area contributed by atoms with Gasteiger partial charge in [-0.05, 0) is 86.4 Å². The highest BCUT2D eigenvalue weighted by atomic mass is 127. The van der Waals surface area contributed by atoms with Gasteiger partial charge in [-0.2, -0.15) is 10.2 Å². The molecule has 0 aromatic carbocycles. The monoisotopic (exact) mass is 749 g/mol. The van der Waals surface area contributed by atoms with Gasteiger partial charge >= 0.3 is 0 Å². The van der Waals surface area contributed by atoms with E-state index >= 15 is 0 Å². The van der Waals surface area contributed by atoms with Crippen LogP contribution in [0.4, 0.5) is 5.69 Å². The molecule has 13 heteroatoms. The number of ether oxygens (including phenoxy) is 1. The number of aromatic nitrogens is 6. The molecule has 31 heavy (non-hydrogen) atoms. The number of nitrogens with one attached hydrogen (secondary N) is 1. The normalized spacial score (nSPS) is 16.4. The van der Waals surface area contributed by atoms with Crippen LogP contribution in [0.25, 0.3) is 11.3 Å². The van der Waals surface area contributed by atoms with E-state index in [1.54, 1.807) is 27.5 Å². The van der Waals surface area contributed by atoms with E-state index in [0.717, 1.165) is 48.4 Å². The van der Waals surface area contributed by atoms with Crippen molar-refractivity contribution in [2.24, 2.45) is 0 Å². The number of hydrogen-bond acceptors (Lipinski definition) is 6. The summed E-state index contributed by atoms with van der Waals surface area (Å²) in [6.07, 6.45) is 7.30. The molecule has 164 valence electrons. The minimum atomic E-state index is 0.273. The number of fused-ring (bicyclic) bond motifs is 2. The van der Waals surface area contributed by atoms with E-state index < -0.39 is 0 Å². The van der Waals surface area contributed by atoms with E-state index in [1.807, 2.05) is 6.07 Å². The molecule has 1 unspecified atom stereocenters. The van der Waals surface area contributed by atoms with Crippen molar-refractivity contribution in [2.45, 2.75) is 25.4 Å². The summed E-state index contributed by atoms with van der Waals surface area (Å²) < 4.78 is 11.9. The molecule has 0 saturated carbocycles. The molecule has 0 aliphatic carbocycles. The summed E-state index contributed by atoms with van der Waals surface area (Å²) in [6.45, 7) is 1.64. The highest BCUT2D eigenvalue weighted by Gasteiger charge is 2.15. The van der Waals surface area contributed by atoms with Gasteiger partial charge < -0.3 is 10.1 Å². The van der Waals surface area contributed by atoms with E-state index in [0.29, 0.717) is 10.3 Å². The lowest BCUT2D eigenvalue weighted by molar-refractivity contribution is 0.0248. The second kappa shape index (κ2) is 10.6. The van der Waals surface area contributed by atoms with Gasteiger partial charge in [0.2, 0.25) is 0 Å². The molecule has 1 N–H and O–H groups in total. The Bertz CT molecular complexity index is 1210. The Hall–Kier alpha value is -0.480. The van der Waals surface area contributed by atoms with Crippen molar-refractivity contribution in [3.05, 3.63) is 46.7 Å². The zero-order valence-electron chi connectivity index (χ0n) is 15.9. The van der Waals surface area contributed by atoms with Gasteiger partial charge in [-0.15, -0.1) is 0 Å². The van der Waals surface area contributed by atoms with Crippen LogP contribution < -0.4 is 5.32 Å². The average molecular weight is 751 g/mol. The number of halogens is 5. The molecule has 5 rings (SSSR count). The minimum absolute atomic E-state index is 0.273. The number of imidazole rings is 2. The van der Waals surface area contributed by atoms with Gasteiger partial charge in [0, 0.05) is 19.2 Å². The van der Waals surface area contributed by atoms with Gasteiger partial charge in [0.25, 0.3) is 0 Å².